The van der Waals surface area contributed by atoms with Gasteiger partial charge in [0.05, 0.1) is 14.2 Å². The molecule has 0 aliphatic carbocycles. The maximum atomic E-state index is 11.2. The number of carbonyl (C=O) groups excluding carboxylic acids is 1. The highest BCUT2D eigenvalue weighted by atomic mass is 16.5. The Bertz CT molecular complexity index is 290. The van der Waals surface area contributed by atoms with Gasteiger partial charge in [-0.3, -0.25) is 0 Å². The summed E-state index contributed by atoms with van der Waals surface area (Å²) >= 11 is 0. The second-order valence-corrected chi connectivity index (χ2v) is 2.37. The van der Waals surface area contributed by atoms with Gasteiger partial charge in [0.15, 0.2) is 0 Å². The van der Waals surface area contributed by atoms with Gasteiger partial charge in [0.2, 0.25) is 5.88 Å². The van der Waals surface area contributed by atoms with Crippen molar-refractivity contribution >= 4 is 5.97 Å². The van der Waals surface area contributed by atoms with E-state index >= 15 is 0 Å². The third kappa shape index (κ3) is 1.28. The Morgan fingerprint density at radius 2 is 2.17 bits per heavy atom. The highest BCUT2D eigenvalue weighted by Crippen LogP contribution is 2.20. The molecule has 0 spiro atoms. The van der Waals surface area contributed by atoms with Crippen LogP contribution in [0.1, 0.15) is 15.9 Å². The number of nitrogens with one attached hydrogen (secondary N) is 1. The van der Waals surface area contributed by atoms with E-state index in [2.05, 4.69) is 9.72 Å². The van der Waals surface area contributed by atoms with Gasteiger partial charge in [-0.15, -0.1) is 0 Å². The fraction of sp³-hybridized carbons (Fsp3) is 0.375. The van der Waals surface area contributed by atoms with Crippen LogP contribution < -0.4 is 4.74 Å². The summed E-state index contributed by atoms with van der Waals surface area (Å²) in [4.78, 5) is 14.0. The lowest BCUT2D eigenvalue weighted by Crippen LogP contribution is -2.03. The molecule has 4 heteroatoms. The predicted molar refractivity (Wildman–Crippen MR) is 43.4 cm³/mol. The fourth-order valence-corrected chi connectivity index (χ4v) is 1.01. The quantitative estimate of drug-likeness (QED) is 0.675. The van der Waals surface area contributed by atoms with Crippen LogP contribution in [-0.2, 0) is 4.74 Å². The Morgan fingerprint density at radius 1 is 1.50 bits per heavy atom. The number of hydrogen-bond acceptors (Lipinski definition) is 3. The van der Waals surface area contributed by atoms with Gasteiger partial charge in [0, 0.05) is 6.20 Å². The van der Waals surface area contributed by atoms with Gasteiger partial charge in [0.25, 0.3) is 0 Å². The molecule has 1 aromatic heterocycles. The van der Waals surface area contributed by atoms with Crippen LogP contribution >= 0.6 is 0 Å². The van der Waals surface area contributed by atoms with Crippen LogP contribution in [0.3, 0.4) is 0 Å². The van der Waals surface area contributed by atoms with Crippen LogP contribution in [0.15, 0.2) is 6.20 Å². The first-order valence-corrected chi connectivity index (χ1v) is 3.51. The summed E-state index contributed by atoms with van der Waals surface area (Å²) in [7, 11) is 2.84. The Balaban J connectivity index is 3.10. The molecule has 0 atom stereocenters. The number of methoxy groups -OCH3 is 2. The standard InChI is InChI=1S/C8H11NO3/c1-5-4-9-7(11-2)6(5)8(10)12-3/h4,9H,1-3H3. The molecule has 1 N–H and O–H groups in total. The molecular weight excluding hydrogens is 158 g/mol. The summed E-state index contributed by atoms with van der Waals surface area (Å²) in [6, 6.07) is 0. The summed E-state index contributed by atoms with van der Waals surface area (Å²) in [6.07, 6.45) is 1.70. The number of carbonyl (C=O) groups is 1. The summed E-state index contributed by atoms with van der Waals surface area (Å²) in [6.45, 7) is 1.81. The zero-order valence-electron chi connectivity index (χ0n) is 7.30. The highest BCUT2D eigenvalue weighted by molar-refractivity contribution is 5.93. The number of aromatic amines is 1. The number of esters is 1. The lowest BCUT2D eigenvalue weighted by molar-refractivity contribution is 0.0596. The van der Waals surface area contributed by atoms with E-state index in [4.69, 9.17) is 4.74 Å². The van der Waals surface area contributed by atoms with Gasteiger partial charge in [-0.25, -0.2) is 4.79 Å². The molecule has 0 saturated carbocycles. The summed E-state index contributed by atoms with van der Waals surface area (Å²) in [5.41, 5.74) is 1.28. The van der Waals surface area contributed by atoms with Crippen LogP contribution in [0.4, 0.5) is 0 Å². The molecule has 0 aliphatic heterocycles. The van der Waals surface area contributed by atoms with E-state index in [-0.39, 0.29) is 5.97 Å². The zero-order chi connectivity index (χ0) is 9.14. The molecule has 12 heavy (non-hydrogen) atoms. The molecule has 1 rings (SSSR count). The molecule has 0 radical (unpaired) electrons. The Hall–Kier alpha value is -1.45. The minimum absolute atomic E-state index is 0.384. The SMILES string of the molecule is COC(=O)c1c(C)c[nH]c1OC. The maximum absolute atomic E-state index is 11.2. The Morgan fingerprint density at radius 3 is 2.67 bits per heavy atom. The van der Waals surface area contributed by atoms with E-state index in [0.29, 0.717) is 11.4 Å². The van der Waals surface area contributed by atoms with E-state index in [1.807, 2.05) is 6.92 Å². The van der Waals surface area contributed by atoms with Crippen LogP contribution in [0, 0.1) is 6.92 Å². The zero-order valence-corrected chi connectivity index (χ0v) is 7.30. The lowest BCUT2D eigenvalue weighted by atomic mass is 10.2. The molecule has 0 fully saturated rings. The second kappa shape index (κ2) is 3.30. The number of ether oxygens (including phenoxy) is 2. The molecule has 4 nitrogen and oxygen atoms in total. The third-order valence-corrected chi connectivity index (χ3v) is 1.63. The molecule has 1 heterocycles. The first-order chi connectivity index (χ1) is 5.70. The average molecular weight is 169 g/mol. The number of H-pyrrole nitrogens is 1. The molecule has 66 valence electrons. The van der Waals surface area contributed by atoms with Crippen molar-refractivity contribution in [3.8, 4) is 5.88 Å². The largest absolute Gasteiger partial charge is 0.482 e. The van der Waals surface area contributed by atoms with Gasteiger partial charge in [-0.1, -0.05) is 0 Å². The van der Waals surface area contributed by atoms with Crippen molar-refractivity contribution in [2.24, 2.45) is 0 Å². The second-order valence-electron chi connectivity index (χ2n) is 2.37. The predicted octanol–water partition coefficient (Wildman–Crippen LogP) is 1.12. The summed E-state index contributed by atoms with van der Waals surface area (Å²) in [5, 5.41) is 0. The lowest BCUT2D eigenvalue weighted by Gasteiger charge is -2.00. The van der Waals surface area contributed by atoms with Gasteiger partial charge in [-0.05, 0) is 12.5 Å². The minimum Gasteiger partial charge on any atom is -0.482 e. The average Bonchev–Trinajstić information content (AvgIpc) is 2.45. The highest BCUT2D eigenvalue weighted by Gasteiger charge is 2.16. The minimum atomic E-state index is -0.384. The maximum Gasteiger partial charge on any atom is 0.343 e. The third-order valence-electron chi connectivity index (χ3n) is 1.63. The van der Waals surface area contributed by atoms with Gasteiger partial charge in [-0.2, -0.15) is 0 Å². The normalized spacial score (nSPS) is 9.58. The number of rotatable bonds is 2. The van der Waals surface area contributed by atoms with Gasteiger partial charge >= 0.3 is 5.97 Å². The van der Waals surface area contributed by atoms with Crippen LogP contribution in [0.5, 0.6) is 5.88 Å². The van der Waals surface area contributed by atoms with Crippen molar-refractivity contribution in [1.82, 2.24) is 4.98 Å². The smallest absolute Gasteiger partial charge is 0.343 e. The van der Waals surface area contributed by atoms with E-state index in [9.17, 15) is 4.79 Å². The van der Waals surface area contributed by atoms with Crippen LogP contribution in [0.2, 0.25) is 0 Å². The first-order valence-electron chi connectivity index (χ1n) is 3.51. The van der Waals surface area contributed by atoms with Crippen molar-refractivity contribution in [2.75, 3.05) is 14.2 Å². The van der Waals surface area contributed by atoms with Crippen molar-refractivity contribution < 1.29 is 14.3 Å². The summed E-state index contributed by atoms with van der Waals surface area (Å²) in [5.74, 6) is 0.0601. The van der Waals surface area contributed by atoms with Crippen molar-refractivity contribution in [1.29, 1.82) is 0 Å². The first kappa shape index (κ1) is 8.64. The van der Waals surface area contributed by atoms with E-state index in [1.54, 1.807) is 6.20 Å². The van der Waals surface area contributed by atoms with Crippen LogP contribution in [0.25, 0.3) is 0 Å². The Labute approximate surface area is 70.5 Å². The Kier molecular flexibility index (Phi) is 2.38. The number of aryl methyl sites for hydroxylation is 1. The molecule has 0 aliphatic rings. The molecule has 0 unspecified atom stereocenters. The van der Waals surface area contributed by atoms with Gasteiger partial charge < -0.3 is 14.5 Å². The van der Waals surface area contributed by atoms with Crippen LogP contribution in [-0.4, -0.2) is 25.2 Å². The van der Waals surface area contributed by atoms with Crippen molar-refractivity contribution in [3.05, 3.63) is 17.3 Å². The molecule has 0 saturated heterocycles. The van der Waals surface area contributed by atoms with E-state index in [0.717, 1.165) is 5.56 Å². The summed E-state index contributed by atoms with van der Waals surface area (Å²) < 4.78 is 9.51. The number of aromatic nitrogens is 1. The molecule has 0 bridgehead atoms. The van der Waals surface area contributed by atoms with Crippen molar-refractivity contribution in [3.63, 3.8) is 0 Å². The monoisotopic (exact) mass is 169 g/mol. The topological polar surface area (TPSA) is 51.3 Å². The number of hydrogen-bond donors (Lipinski definition) is 1. The molecule has 0 aromatic carbocycles. The molecular formula is C8H11NO3. The van der Waals surface area contributed by atoms with Gasteiger partial charge in [0.1, 0.15) is 5.56 Å². The molecule has 1 aromatic rings. The van der Waals surface area contributed by atoms with E-state index in [1.165, 1.54) is 14.2 Å². The van der Waals surface area contributed by atoms with E-state index < -0.39 is 0 Å². The fourth-order valence-electron chi connectivity index (χ4n) is 1.01. The van der Waals surface area contributed by atoms with Crippen molar-refractivity contribution in [2.45, 2.75) is 6.92 Å². The molecule has 0 amide bonds.